The highest BCUT2D eigenvalue weighted by atomic mass is 35.5. The molecule has 3 rings (SSSR count). The number of likely N-dealkylation sites (tertiary alicyclic amines) is 1. The molecule has 1 aliphatic heterocycles. The second-order valence-electron chi connectivity index (χ2n) is 8.25. The van der Waals surface area contributed by atoms with Crippen molar-refractivity contribution < 1.29 is 14.3 Å². The summed E-state index contributed by atoms with van der Waals surface area (Å²) in [4.78, 5) is 26.5. The van der Waals surface area contributed by atoms with Crippen LogP contribution in [0.15, 0.2) is 42.5 Å². The lowest BCUT2D eigenvalue weighted by Crippen LogP contribution is -2.39. The summed E-state index contributed by atoms with van der Waals surface area (Å²) in [6.45, 7) is 7.53. The third-order valence-electron chi connectivity index (χ3n) is 5.82. The van der Waals surface area contributed by atoms with Crippen LogP contribution in [-0.2, 0) is 14.3 Å². The largest absolute Gasteiger partial charge is 0.466 e. The number of benzene rings is 2. The number of halogens is 2. The van der Waals surface area contributed by atoms with Gasteiger partial charge in [0.1, 0.15) is 0 Å². The molecular weight excluding hydrogens is 445 g/mol. The minimum atomic E-state index is -0.172. The quantitative estimate of drug-likeness (QED) is 0.350. The van der Waals surface area contributed by atoms with Gasteiger partial charge in [0.2, 0.25) is 5.91 Å². The van der Waals surface area contributed by atoms with Crippen LogP contribution in [0.2, 0.25) is 10.0 Å². The summed E-state index contributed by atoms with van der Waals surface area (Å²) in [6, 6.07) is 11.9. The molecule has 170 valence electrons. The fraction of sp³-hybridized carbons (Fsp3) is 0.385. The van der Waals surface area contributed by atoms with Crippen LogP contribution >= 0.6 is 23.2 Å². The third-order valence-corrected chi connectivity index (χ3v) is 6.64. The molecule has 32 heavy (non-hydrogen) atoms. The fourth-order valence-electron chi connectivity index (χ4n) is 4.07. The van der Waals surface area contributed by atoms with Gasteiger partial charge in [-0.15, -0.1) is 0 Å². The van der Waals surface area contributed by atoms with Gasteiger partial charge in [0.05, 0.1) is 22.6 Å². The van der Waals surface area contributed by atoms with Crippen molar-refractivity contribution >= 4 is 41.2 Å². The fourth-order valence-corrected chi connectivity index (χ4v) is 4.46. The van der Waals surface area contributed by atoms with E-state index in [9.17, 15) is 9.59 Å². The molecule has 1 heterocycles. The van der Waals surface area contributed by atoms with Crippen molar-refractivity contribution in [1.29, 1.82) is 0 Å². The van der Waals surface area contributed by atoms with Gasteiger partial charge in [0.25, 0.3) is 0 Å². The number of hydrogen-bond acceptors (Lipinski definition) is 3. The average molecular weight is 474 g/mol. The number of ether oxygens (including phenoxy) is 1. The monoisotopic (exact) mass is 473 g/mol. The predicted octanol–water partition coefficient (Wildman–Crippen LogP) is 6.60. The van der Waals surface area contributed by atoms with Crippen molar-refractivity contribution in [3.8, 4) is 11.1 Å². The standard InChI is InChI=1S/C26H29Cl2NO3/c1-4-32-26(31)18-13-15-29(16-14-18)24(30)12-10-22-21(9-11-23(27)25(22)28)20-8-6-5-7-19(20)17(2)3/h5-12,17-18H,4,13-16H2,1-3H3/b12-10+. The number of hydrogen-bond donors (Lipinski definition) is 0. The number of amides is 1. The Bertz CT molecular complexity index is 1010. The zero-order chi connectivity index (χ0) is 23.3. The van der Waals surface area contributed by atoms with E-state index in [4.69, 9.17) is 27.9 Å². The summed E-state index contributed by atoms with van der Waals surface area (Å²) in [5.74, 6) is -0.0787. The molecule has 1 aliphatic rings. The van der Waals surface area contributed by atoms with Crippen molar-refractivity contribution in [3.05, 3.63) is 63.6 Å². The van der Waals surface area contributed by atoms with Gasteiger partial charge < -0.3 is 9.64 Å². The first-order valence-electron chi connectivity index (χ1n) is 11.0. The van der Waals surface area contributed by atoms with Crippen LogP contribution < -0.4 is 0 Å². The maximum absolute atomic E-state index is 12.8. The molecule has 0 unspecified atom stereocenters. The van der Waals surface area contributed by atoms with Crippen LogP contribution in [0.3, 0.4) is 0 Å². The molecule has 0 atom stereocenters. The highest BCUT2D eigenvalue weighted by Gasteiger charge is 2.27. The van der Waals surface area contributed by atoms with Crippen LogP contribution in [0.5, 0.6) is 0 Å². The number of carbonyl (C=O) groups excluding carboxylic acids is 2. The first-order valence-corrected chi connectivity index (χ1v) is 11.8. The minimum Gasteiger partial charge on any atom is -0.466 e. The van der Waals surface area contributed by atoms with E-state index < -0.39 is 0 Å². The molecule has 1 fully saturated rings. The van der Waals surface area contributed by atoms with E-state index in [1.807, 2.05) is 18.2 Å². The highest BCUT2D eigenvalue weighted by molar-refractivity contribution is 6.43. The maximum atomic E-state index is 12.8. The molecule has 0 radical (unpaired) electrons. The maximum Gasteiger partial charge on any atom is 0.309 e. The van der Waals surface area contributed by atoms with E-state index in [2.05, 4.69) is 26.0 Å². The molecule has 0 spiro atoms. The van der Waals surface area contributed by atoms with Crippen molar-refractivity contribution in [2.75, 3.05) is 19.7 Å². The van der Waals surface area contributed by atoms with Gasteiger partial charge in [-0.3, -0.25) is 9.59 Å². The second-order valence-corrected chi connectivity index (χ2v) is 9.03. The molecule has 2 aromatic rings. The van der Waals surface area contributed by atoms with Crippen LogP contribution in [-0.4, -0.2) is 36.5 Å². The summed E-state index contributed by atoms with van der Waals surface area (Å²) in [7, 11) is 0. The Morgan fingerprint density at radius 3 is 2.44 bits per heavy atom. The summed E-state index contributed by atoms with van der Waals surface area (Å²) in [5, 5.41) is 0.868. The van der Waals surface area contributed by atoms with Crippen molar-refractivity contribution in [2.45, 2.75) is 39.5 Å². The highest BCUT2D eigenvalue weighted by Crippen LogP contribution is 2.38. The molecule has 0 bridgehead atoms. The van der Waals surface area contributed by atoms with Crippen molar-refractivity contribution in [2.24, 2.45) is 5.92 Å². The van der Waals surface area contributed by atoms with Gasteiger partial charge >= 0.3 is 5.97 Å². The first kappa shape index (κ1) is 24.3. The van der Waals surface area contributed by atoms with E-state index in [0.29, 0.717) is 48.5 Å². The van der Waals surface area contributed by atoms with Crippen molar-refractivity contribution in [1.82, 2.24) is 4.90 Å². The topological polar surface area (TPSA) is 46.6 Å². The summed E-state index contributed by atoms with van der Waals surface area (Å²) in [5.41, 5.74) is 3.94. The van der Waals surface area contributed by atoms with E-state index in [-0.39, 0.29) is 17.8 Å². The molecular formula is C26H29Cl2NO3. The third kappa shape index (κ3) is 5.54. The molecule has 0 N–H and O–H groups in total. The summed E-state index contributed by atoms with van der Waals surface area (Å²) < 4.78 is 5.10. The Balaban J connectivity index is 1.83. The number of carbonyl (C=O) groups is 2. The molecule has 1 amide bonds. The molecule has 6 heteroatoms. The van der Waals surface area contributed by atoms with Crippen LogP contribution in [0, 0.1) is 5.92 Å². The average Bonchev–Trinajstić information content (AvgIpc) is 2.80. The normalized spacial score (nSPS) is 14.9. The van der Waals surface area contributed by atoms with Gasteiger partial charge in [0, 0.05) is 24.7 Å². The lowest BCUT2D eigenvalue weighted by molar-refractivity contribution is -0.150. The van der Waals surface area contributed by atoms with Gasteiger partial charge in [-0.1, -0.05) is 67.4 Å². The lowest BCUT2D eigenvalue weighted by Gasteiger charge is -2.30. The van der Waals surface area contributed by atoms with Crippen LogP contribution in [0.1, 0.15) is 50.7 Å². The van der Waals surface area contributed by atoms with Crippen molar-refractivity contribution in [3.63, 3.8) is 0 Å². The molecule has 0 saturated carbocycles. The van der Waals surface area contributed by atoms with E-state index >= 15 is 0 Å². The van der Waals surface area contributed by atoms with E-state index in [1.54, 1.807) is 30.0 Å². The number of rotatable bonds is 6. The molecule has 0 aromatic heterocycles. The van der Waals surface area contributed by atoms with Gasteiger partial charge in [-0.25, -0.2) is 0 Å². The smallest absolute Gasteiger partial charge is 0.309 e. The molecule has 4 nitrogen and oxygen atoms in total. The Kier molecular flexibility index (Phi) is 8.38. The first-order chi connectivity index (χ1) is 15.3. The SMILES string of the molecule is CCOC(=O)C1CCN(C(=O)/C=C/c2c(-c3ccccc3C(C)C)ccc(Cl)c2Cl)CC1. The minimum absolute atomic E-state index is 0.105. The number of piperidine rings is 1. The number of nitrogens with zero attached hydrogens (tertiary/aromatic N) is 1. The summed E-state index contributed by atoms with van der Waals surface area (Å²) >= 11 is 12.9. The summed E-state index contributed by atoms with van der Waals surface area (Å²) in [6.07, 6.45) is 4.52. The second kappa shape index (κ2) is 11.0. The zero-order valence-electron chi connectivity index (χ0n) is 18.7. The number of esters is 1. The van der Waals surface area contributed by atoms with Crippen LogP contribution in [0.4, 0.5) is 0 Å². The van der Waals surface area contributed by atoms with Gasteiger partial charge in [-0.2, -0.15) is 0 Å². The Morgan fingerprint density at radius 1 is 1.09 bits per heavy atom. The van der Waals surface area contributed by atoms with E-state index in [1.165, 1.54) is 5.56 Å². The van der Waals surface area contributed by atoms with Gasteiger partial charge in [0.15, 0.2) is 0 Å². The van der Waals surface area contributed by atoms with Gasteiger partial charge in [-0.05, 0) is 54.5 Å². The Morgan fingerprint density at radius 2 is 1.78 bits per heavy atom. The molecule has 2 aromatic carbocycles. The lowest BCUT2D eigenvalue weighted by atomic mass is 9.90. The predicted molar refractivity (Wildman–Crippen MR) is 131 cm³/mol. The molecule has 0 aliphatic carbocycles. The molecule has 1 saturated heterocycles. The van der Waals surface area contributed by atoms with Crippen LogP contribution in [0.25, 0.3) is 17.2 Å². The Labute approximate surface area is 200 Å². The Hall–Kier alpha value is -2.30. The zero-order valence-corrected chi connectivity index (χ0v) is 20.2. The van der Waals surface area contributed by atoms with E-state index in [0.717, 1.165) is 16.7 Å².